The average Bonchev–Trinajstić information content (AvgIpc) is 2.85. The zero-order chi connectivity index (χ0) is 17.0. The molecule has 1 amide bonds. The van der Waals surface area contributed by atoms with Gasteiger partial charge in [-0.05, 0) is 73.8 Å². The molecule has 5 nitrogen and oxygen atoms in total. The molecule has 1 atom stereocenters. The van der Waals surface area contributed by atoms with Crippen LogP contribution in [-0.2, 0) is 11.3 Å². The summed E-state index contributed by atoms with van der Waals surface area (Å²) in [5.41, 5.74) is 0.803. The Morgan fingerprint density at radius 1 is 1.52 bits per heavy atom. The fourth-order valence-electron chi connectivity index (χ4n) is 2.83. The minimum Gasteiger partial charge on any atom is -0.444 e. The average molecular weight is 384 g/mol. The SMILES string of the molecule is CN(Cc1ccnc(Br)c1)CC1CCN(C(=O)OC(C)(C)C)C1. The van der Waals surface area contributed by atoms with E-state index in [0.29, 0.717) is 5.92 Å². The lowest BCUT2D eigenvalue weighted by Gasteiger charge is -2.25. The third-order valence-corrected chi connectivity index (χ3v) is 4.18. The van der Waals surface area contributed by atoms with Gasteiger partial charge < -0.3 is 14.5 Å². The minimum absolute atomic E-state index is 0.194. The molecule has 2 heterocycles. The second-order valence-electron chi connectivity index (χ2n) is 7.26. The summed E-state index contributed by atoms with van der Waals surface area (Å²) in [7, 11) is 2.12. The minimum atomic E-state index is -0.430. The molecule has 6 heteroatoms. The summed E-state index contributed by atoms with van der Waals surface area (Å²) in [6, 6.07) is 4.07. The van der Waals surface area contributed by atoms with Crippen molar-refractivity contribution in [3.63, 3.8) is 0 Å². The number of nitrogens with zero attached hydrogens (tertiary/aromatic N) is 3. The maximum Gasteiger partial charge on any atom is 0.410 e. The van der Waals surface area contributed by atoms with Gasteiger partial charge in [0.15, 0.2) is 0 Å². The topological polar surface area (TPSA) is 45.7 Å². The number of amides is 1. The van der Waals surface area contributed by atoms with E-state index in [1.165, 1.54) is 5.56 Å². The van der Waals surface area contributed by atoms with Gasteiger partial charge >= 0.3 is 6.09 Å². The third kappa shape index (κ3) is 6.11. The number of rotatable bonds is 4. The van der Waals surface area contributed by atoms with Gasteiger partial charge in [0, 0.05) is 32.4 Å². The molecule has 0 aromatic carbocycles. The first kappa shape index (κ1) is 18.2. The van der Waals surface area contributed by atoms with Crippen LogP contribution in [0.25, 0.3) is 0 Å². The highest BCUT2D eigenvalue weighted by Gasteiger charge is 2.30. The quantitative estimate of drug-likeness (QED) is 0.745. The molecule has 23 heavy (non-hydrogen) atoms. The van der Waals surface area contributed by atoms with E-state index in [4.69, 9.17) is 4.74 Å². The van der Waals surface area contributed by atoms with Gasteiger partial charge in [-0.25, -0.2) is 9.78 Å². The predicted molar refractivity (Wildman–Crippen MR) is 94.2 cm³/mol. The van der Waals surface area contributed by atoms with E-state index in [9.17, 15) is 4.79 Å². The van der Waals surface area contributed by atoms with E-state index in [2.05, 4.69) is 32.9 Å². The lowest BCUT2D eigenvalue weighted by molar-refractivity contribution is 0.0285. The lowest BCUT2D eigenvalue weighted by atomic mass is 10.1. The van der Waals surface area contributed by atoms with Crippen molar-refractivity contribution in [1.82, 2.24) is 14.8 Å². The summed E-state index contributed by atoms with van der Waals surface area (Å²) in [5, 5.41) is 0. The molecule has 1 aliphatic heterocycles. The number of hydrogen-bond acceptors (Lipinski definition) is 4. The Kier molecular flexibility index (Phi) is 6.03. The lowest BCUT2D eigenvalue weighted by Crippen LogP contribution is -2.36. The Hall–Kier alpha value is -1.14. The Bertz CT molecular complexity index is 545. The normalized spacial score (nSPS) is 18.5. The first-order valence-corrected chi connectivity index (χ1v) is 8.79. The molecule has 0 N–H and O–H groups in total. The van der Waals surface area contributed by atoms with E-state index in [1.54, 1.807) is 0 Å². The fourth-order valence-corrected chi connectivity index (χ4v) is 3.24. The number of carbonyl (C=O) groups is 1. The maximum atomic E-state index is 12.1. The molecule has 1 aromatic rings. The van der Waals surface area contributed by atoms with Crippen molar-refractivity contribution in [2.45, 2.75) is 39.3 Å². The molecular weight excluding hydrogens is 358 g/mol. The zero-order valence-electron chi connectivity index (χ0n) is 14.4. The number of ether oxygens (including phenoxy) is 1. The van der Waals surface area contributed by atoms with Crippen LogP contribution < -0.4 is 0 Å². The summed E-state index contributed by atoms with van der Waals surface area (Å²) in [6.45, 7) is 9.12. The fraction of sp³-hybridized carbons (Fsp3) is 0.647. The van der Waals surface area contributed by atoms with Gasteiger partial charge in [-0.15, -0.1) is 0 Å². The van der Waals surface area contributed by atoms with Crippen molar-refractivity contribution >= 4 is 22.0 Å². The van der Waals surface area contributed by atoms with E-state index in [-0.39, 0.29) is 6.09 Å². The first-order valence-electron chi connectivity index (χ1n) is 8.00. The number of aromatic nitrogens is 1. The molecule has 0 aliphatic carbocycles. The van der Waals surface area contributed by atoms with Crippen LogP contribution in [0.5, 0.6) is 0 Å². The monoisotopic (exact) mass is 383 g/mol. The van der Waals surface area contributed by atoms with Gasteiger partial charge in [-0.3, -0.25) is 0 Å². The molecule has 0 radical (unpaired) electrons. The second kappa shape index (κ2) is 7.62. The second-order valence-corrected chi connectivity index (χ2v) is 8.08. The summed E-state index contributed by atoms with van der Waals surface area (Å²) < 4.78 is 6.31. The van der Waals surface area contributed by atoms with Gasteiger partial charge in [-0.2, -0.15) is 0 Å². The van der Waals surface area contributed by atoms with Crippen LogP contribution in [0, 0.1) is 5.92 Å². The molecule has 0 bridgehead atoms. The highest BCUT2D eigenvalue weighted by molar-refractivity contribution is 9.10. The van der Waals surface area contributed by atoms with Crippen LogP contribution in [0.2, 0.25) is 0 Å². The summed E-state index contributed by atoms with van der Waals surface area (Å²) in [6.07, 6.45) is 2.65. The van der Waals surface area contributed by atoms with Crippen molar-refractivity contribution < 1.29 is 9.53 Å². The zero-order valence-corrected chi connectivity index (χ0v) is 16.0. The Morgan fingerprint density at radius 3 is 2.91 bits per heavy atom. The van der Waals surface area contributed by atoms with Crippen molar-refractivity contribution in [1.29, 1.82) is 0 Å². The molecule has 128 valence electrons. The van der Waals surface area contributed by atoms with Crippen molar-refractivity contribution in [3.05, 3.63) is 28.5 Å². The Labute approximate surface area is 147 Å². The molecule has 1 aromatic heterocycles. The van der Waals surface area contributed by atoms with Crippen LogP contribution in [-0.4, -0.2) is 53.2 Å². The highest BCUT2D eigenvalue weighted by Crippen LogP contribution is 2.21. The van der Waals surface area contributed by atoms with Gasteiger partial charge in [0.25, 0.3) is 0 Å². The molecule has 0 spiro atoms. The number of halogens is 1. The van der Waals surface area contributed by atoms with Crippen LogP contribution in [0.15, 0.2) is 22.9 Å². The Morgan fingerprint density at radius 2 is 2.26 bits per heavy atom. The van der Waals surface area contributed by atoms with Crippen LogP contribution in [0.3, 0.4) is 0 Å². The largest absolute Gasteiger partial charge is 0.444 e. The third-order valence-electron chi connectivity index (χ3n) is 3.75. The van der Waals surface area contributed by atoms with E-state index in [1.807, 2.05) is 44.0 Å². The van der Waals surface area contributed by atoms with Gasteiger partial charge in [-0.1, -0.05) is 0 Å². The highest BCUT2D eigenvalue weighted by atomic mass is 79.9. The first-order chi connectivity index (χ1) is 10.7. The molecule has 2 rings (SSSR count). The molecule has 0 saturated carbocycles. The van der Waals surface area contributed by atoms with Crippen LogP contribution in [0.1, 0.15) is 32.8 Å². The van der Waals surface area contributed by atoms with Crippen molar-refractivity contribution in [2.75, 3.05) is 26.7 Å². The number of pyridine rings is 1. The molecule has 1 unspecified atom stereocenters. The number of likely N-dealkylation sites (tertiary alicyclic amines) is 1. The van der Waals surface area contributed by atoms with Crippen LogP contribution in [0.4, 0.5) is 4.79 Å². The maximum absolute atomic E-state index is 12.1. The molecular formula is C17H26BrN3O2. The summed E-state index contributed by atoms with van der Waals surface area (Å²) >= 11 is 3.40. The standard InChI is InChI=1S/C17H26BrN3O2/c1-17(2,3)23-16(22)21-8-6-14(12-21)11-20(4)10-13-5-7-19-15(18)9-13/h5,7,9,14H,6,8,10-12H2,1-4H3. The van der Waals surface area contributed by atoms with E-state index < -0.39 is 5.60 Å². The van der Waals surface area contributed by atoms with Crippen LogP contribution >= 0.6 is 15.9 Å². The van der Waals surface area contributed by atoms with Gasteiger partial charge in [0.05, 0.1) is 0 Å². The van der Waals surface area contributed by atoms with E-state index >= 15 is 0 Å². The van der Waals surface area contributed by atoms with Gasteiger partial charge in [0.2, 0.25) is 0 Å². The summed E-state index contributed by atoms with van der Waals surface area (Å²) in [5.74, 6) is 0.498. The predicted octanol–water partition coefficient (Wildman–Crippen LogP) is 3.53. The van der Waals surface area contributed by atoms with Crippen molar-refractivity contribution in [2.24, 2.45) is 5.92 Å². The summed E-state index contributed by atoms with van der Waals surface area (Å²) in [4.78, 5) is 20.4. The van der Waals surface area contributed by atoms with E-state index in [0.717, 1.165) is 37.2 Å². The number of carbonyl (C=O) groups excluding carboxylic acids is 1. The Balaban J connectivity index is 1.79. The van der Waals surface area contributed by atoms with Gasteiger partial charge in [0.1, 0.15) is 10.2 Å². The molecule has 1 aliphatic rings. The molecule has 1 saturated heterocycles. The molecule has 1 fully saturated rings. The van der Waals surface area contributed by atoms with Crippen molar-refractivity contribution in [3.8, 4) is 0 Å². The smallest absolute Gasteiger partial charge is 0.410 e. The number of hydrogen-bond donors (Lipinski definition) is 0.